The molecule has 168 valence electrons. The average Bonchev–Trinajstić information content (AvgIpc) is 3.21. The number of hydrogen-bond acceptors (Lipinski definition) is 7. The van der Waals surface area contributed by atoms with E-state index in [9.17, 15) is 13.5 Å². The lowest BCUT2D eigenvalue weighted by molar-refractivity contribution is 0.474. The Morgan fingerprint density at radius 2 is 1.88 bits per heavy atom. The number of imidazole rings is 1. The topological polar surface area (TPSA) is 152 Å². The average molecular weight is 465 g/mol. The molecule has 33 heavy (non-hydrogen) atoms. The fourth-order valence-corrected chi connectivity index (χ4v) is 3.64. The number of amidine groups is 1. The first-order valence-corrected chi connectivity index (χ1v) is 11.3. The lowest BCUT2D eigenvalue weighted by atomic mass is 10.0. The summed E-state index contributed by atoms with van der Waals surface area (Å²) in [5.41, 5.74) is 6.34. The minimum atomic E-state index is -4.42. The largest absolute Gasteiger partial charge is 0.506 e. The Morgan fingerprint density at radius 3 is 2.64 bits per heavy atom. The number of anilines is 1. The third-order valence-electron chi connectivity index (χ3n) is 4.71. The number of benzene rings is 3. The maximum Gasteiger partial charge on any atom is 0.294 e. The normalized spacial score (nSPS) is 12.5. The van der Waals surface area contributed by atoms with Crippen LogP contribution in [0.5, 0.6) is 5.75 Å². The first kappa shape index (κ1) is 22.1. The van der Waals surface area contributed by atoms with Gasteiger partial charge in [-0.25, -0.2) is 4.98 Å². The van der Waals surface area contributed by atoms with Gasteiger partial charge in [-0.2, -0.15) is 13.5 Å². The van der Waals surface area contributed by atoms with E-state index in [1.54, 1.807) is 6.92 Å². The second kappa shape index (κ2) is 9.18. The second-order valence-corrected chi connectivity index (χ2v) is 8.58. The van der Waals surface area contributed by atoms with E-state index in [1.807, 2.05) is 36.4 Å². The number of fused-ring (bicyclic) bond motifs is 1. The monoisotopic (exact) mass is 464 g/mol. The van der Waals surface area contributed by atoms with E-state index in [4.69, 9.17) is 4.55 Å². The minimum absolute atomic E-state index is 0.0195. The van der Waals surface area contributed by atoms with E-state index in [0.29, 0.717) is 5.95 Å². The number of phenols is 1. The van der Waals surface area contributed by atoms with Crippen molar-refractivity contribution in [2.24, 2.45) is 15.3 Å². The zero-order valence-corrected chi connectivity index (χ0v) is 18.3. The zero-order chi connectivity index (χ0) is 23.4. The van der Waals surface area contributed by atoms with Gasteiger partial charge >= 0.3 is 0 Å². The zero-order valence-electron chi connectivity index (χ0n) is 17.5. The third-order valence-corrected chi connectivity index (χ3v) is 5.56. The lowest BCUT2D eigenvalue weighted by Crippen LogP contribution is -2.00. The van der Waals surface area contributed by atoms with Crippen LogP contribution in [0.15, 0.2) is 87.0 Å². The van der Waals surface area contributed by atoms with Crippen LogP contribution >= 0.6 is 0 Å². The Bertz CT molecular complexity index is 1460. The van der Waals surface area contributed by atoms with Crippen molar-refractivity contribution in [2.45, 2.75) is 18.2 Å². The number of nitrogens with zero attached hydrogens (tertiary/aromatic N) is 4. The molecular weight excluding hydrogens is 444 g/mol. The van der Waals surface area contributed by atoms with Gasteiger partial charge in [-0.1, -0.05) is 42.5 Å². The molecule has 3 aromatic carbocycles. The molecule has 0 bridgehead atoms. The Kier molecular flexibility index (Phi) is 6.16. The number of para-hydroxylation sites is 1. The molecule has 0 aliphatic heterocycles. The first-order valence-electron chi connectivity index (χ1n) is 9.84. The number of phenolic OH excluding ortho intramolecular Hbond substituents is 1. The molecule has 0 fully saturated rings. The number of hydrazone groups is 1. The van der Waals surface area contributed by atoms with E-state index in [2.05, 4.69) is 42.9 Å². The van der Waals surface area contributed by atoms with Gasteiger partial charge in [0.05, 0.1) is 21.6 Å². The summed E-state index contributed by atoms with van der Waals surface area (Å²) in [6, 6.07) is 19.2. The molecule has 4 aromatic rings. The van der Waals surface area contributed by atoms with Crippen LogP contribution in [0.25, 0.3) is 11.0 Å². The first-order chi connectivity index (χ1) is 15.8. The summed E-state index contributed by atoms with van der Waals surface area (Å²) in [5.74, 6) is 0.243. The van der Waals surface area contributed by atoms with Gasteiger partial charge in [0.2, 0.25) is 5.95 Å². The Hall–Kier alpha value is -4.09. The molecule has 0 atom stereocenters. The van der Waals surface area contributed by atoms with Crippen LogP contribution in [0.1, 0.15) is 18.1 Å². The summed E-state index contributed by atoms with van der Waals surface area (Å²) in [7, 11) is -4.42. The molecule has 0 radical (unpaired) electrons. The quantitative estimate of drug-likeness (QED) is 0.0815. The van der Waals surface area contributed by atoms with Crippen molar-refractivity contribution < 1.29 is 18.1 Å². The molecule has 0 aliphatic rings. The van der Waals surface area contributed by atoms with Crippen molar-refractivity contribution in [3.8, 4) is 5.75 Å². The SMILES string of the molecule is C/C(N=Nc1nc2c(Cc3ccccc3)cccc2[nH]1)=N\Nc1cc(S(=O)(=O)O)ccc1O. The highest BCUT2D eigenvalue weighted by Crippen LogP contribution is 2.26. The standard InChI is InChI=1S/C22H20N6O4S/c1-14(25-27-19-13-17(33(30,31)32)10-11-20(19)29)26-28-22-23-18-9-5-8-16(21(18)24-22)12-15-6-3-2-4-7-15/h2-11,13,27,29H,12H2,1H3,(H,23,24)(H,30,31,32)/b25-14+,28-26?. The summed E-state index contributed by atoms with van der Waals surface area (Å²) < 4.78 is 31.7. The molecule has 0 spiro atoms. The summed E-state index contributed by atoms with van der Waals surface area (Å²) in [6.07, 6.45) is 0.732. The third kappa shape index (κ3) is 5.40. The van der Waals surface area contributed by atoms with E-state index in [-0.39, 0.29) is 22.2 Å². The molecule has 0 saturated carbocycles. The van der Waals surface area contributed by atoms with Crippen molar-refractivity contribution in [3.05, 3.63) is 77.9 Å². The van der Waals surface area contributed by atoms with Crippen molar-refractivity contribution in [1.82, 2.24) is 9.97 Å². The van der Waals surface area contributed by atoms with Crippen LogP contribution in [0.3, 0.4) is 0 Å². The molecule has 10 nitrogen and oxygen atoms in total. The second-order valence-electron chi connectivity index (χ2n) is 7.16. The molecule has 0 aliphatic carbocycles. The predicted molar refractivity (Wildman–Crippen MR) is 125 cm³/mol. The molecule has 0 unspecified atom stereocenters. The number of H-pyrrole nitrogens is 1. The van der Waals surface area contributed by atoms with Crippen molar-refractivity contribution >= 4 is 38.6 Å². The summed E-state index contributed by atoms with van der Waals surface area (Å²) in [4.78, 5) is 7.25. The van der Waals surface area contributed by atoms with Gasteiger partial charge in [0.25, 0.3) is 10.1 Å². The number of rotatable bonds is 6. The van der Waals surface area contributed by atoms with Crippen LogP contribution in [-0.2, 0) is 16.5 Å². The fraction of sp³-hybridized carbons (Fsp3) is 0.0909. The van der Waals surface area contributed by atoms with Gasteiger partial charge in [-0.15, -0.1) is 10.2 Å². The highest BCUT2D eigenvalue weighted by Gasteiger charge is 2.12. The number of aromatic nitrogens is 2. The van der Waals surface area contributed by atoms with Gasteiger partial charge in [0, 0.05) is 0 Å². The molecule has 4 N–H and O–H groups in total. The van der Waals surface area contributed by atoms with Gasteiger partial charge in [-0.3, -0.25) is 9.98 Å². The summed E-state index contributed by atoms with van der Waals surface area (Å²) in [5, 5.41) is 21.9. The van der Waals surface area contributed by atoms with Gasteiger partial charge < -0.3 is 10.1 Å². The molecule has 1 aromatic heterocycles. The van der Waals surface area contributed by atoms with Crippen LogP contribution < -0.4 is 5.43 Å². The maximum atomic E-state index is 11.3. The number of aromatic amines is 1. The number of hydrogen-bond donors (Lipinski definition) is 4. The Balaban J connectivity index is 1.51. The van der Waals surface area contributed by atoms with Crippen molar-refractivity contribution in [2.75, 3.05) is 5.43 Å². The summed E-state index contributed by atoms with van der Waals surface area (Å²) >= 11 is 0. The van der Waals surface area contributed by atoms with E-state index < -0.39 is 10.1 Å². The molecular formula is C22H20N6O4S. The van der Waals surface area contributed by atoms with E-state index in [0.717, 1.165) is 41.2 Å². The van der Waals surface area contributed by atoms with Crippen LogP contribution in [0.4, 0.5) is 11.6 Å². The van der Waals surface area contributed by atoms with E-state index >= 15 is 0 Å². The fourth-order valence-electron chi connectivity index (χ4n) is 3.13. The van der Waals surface area contributed by atoms with Gasteiger partial charge in [0.15, 0.2) is 5.84 Å². The minimum Gasteiger partial charge on any atom is -0.506 e. The molecule has 4 rings (SSSR count). The Morgan fingerprint density at radius 1 is 1.09 bits per heavy atom. The lowest BCUT2D eigenvalue weighted by Gasteiger charge is -2.05. The highest BCUT2D eigenvalue weighted by atomic mass is 32.2. The predicted octanol–water partition coefficient (Wildman–Crippen LogP) is 4.64. The van der Waals surface area contributed by atoms with Crippen molar-refractivity contribution in [3.63, 3.8) is 0 Å². The molecule has 0 saturated heterocycles. The number of azo groups is 1. The number of aromatic hydroxyl groups is 1. The summed E-state index contributed by atoms with van der Waals surface area (Å²) in [6.45, 7) is 1.56. The van der Waals surface area contributed by atoms with Crippen LogP contribution in [0.2, 0.25) is 0 Å². The van der Waals surface area contributed by atoms with Crippen LogP contribution in [0, 0.1) is 0 Å². The van der Waals surface area contributed by atoms with Crippen molar-refractivity contribution in [1.29, 1.82) is 0 Å². The Labute approximate surface area is 189 Å². The van der Waals surface area contributed by atoms with E-state index in [1.165, 1.54) is 5.56 Å². The maximum absolute atomic E-state index is 11.3. The highest BCUT2D eigenvalue weighted by molar-refractivity contribution is 7.85. The van der Waals surface area contributed by atoms with Gasteiger partial charge in [0.1, 0.15) is 5.75 Å². The smallest absolute Gasteiger partial charge is 0.294 e. The molecule has 1 heterocycles. The van der Waals surface area contributed by atoms with Gasteiger partial charge in [-0.05, 0) is 48.7 Å². The number of nitrogens with one attached hydrogen (secondary N) is 2. The molecule has 11 heteroatoms. The molecule has 0 amide bonds. The van der Waals surface area contributed by atoms with Crippen LogP contribution in [-0.4, -0.2) is 33.9 Å².